The summed E-state index contributed by atoms with van der Waals surface area (Å²) in [6.45, 7) is 1.93. The fourth-order valence-corrected chi connectivity index (χ4v) is 6.30. The number of urea groups is 1. The van der Waals surface area contributed by atoms with E-state index >= 15 is 0 Å². The molecule has 31 heavy (non-hydrogen) atoms. The van der Waals surface area contributed by atoms with Crippen LogP contribution in [0.25, 0.3) is 0 Å². The number of hydrogen-bond acceptors (Lipinski definition) is 5. The summed E-state index contributed by atoms with van der Waals surface area (Å²) in [6, 6.07) is 3.58. The molecule has 1 fully saturated rings. The molecule has 2 aromatic heterocycles. The van der Waals surface area contributed by atoms with Crippen molar-refractivity contribution in [2.24, 2.45) is 5.92 Å². The maximum Gasteiger partial charge on any atom is 0.339 e. The van der Waals surface area contributed by atoms with Crippen molar-refractivity contribution in [3.8, 4) is 0 Å². The van der Waals surface area contributed by atoms with Gasteiger partial charge in [0.2, 0.25) is 5.91 Å². The number of piperidine rings is 1. The van der Waals surface area contributed by atoms with Crippen molar-refractivity contribution >= 4 is 45.6 Å². The molecule has 4 rings (SSSR count). The van der Waals surface area contributed by atoms with E-state index in [0.29, 0.717) is 37.0 Å². The Balaban J connectivity index is 1.24. The highest BCUT2D eigenvalue weighted by atomic mass is 32.1. The number of thiophene rings is 2. The van der Waals surface area contributed by atoms with E-state index in [1.807, 2.05) is 22.4 Å². The quantitative estimate of drug-likeness (QED) is 0.606. The molecule has 3 amide bonds. The number of carboxylic acid groups (broad SMARTS) is 1. The highest BCUT2D eigenvalue weighted by Gasteiger charge is 2.27. The van der Waals surface area contributed by atoms with Gasteiger partial charge in [0.15, 0.2) is 0 Å². The van der Waals surface area contributed by atoms with Crippen LogP contribution in [0.1, 0.15) is 51.4 Å². The minimum Gasteiger partial charge on any atom is -0.478 e. The molecular formula is C22H27N3O4S2. The molecule has 0 aromatic carbocycles. The molecule has 166 valence electrons. The first-order valence-electron chi connectivity index (χ1n) is 10.7. The average Bonchev–Trinajstić information content (AvgIpc) is 3.39. The highest BCUT2D eigenvalue weighted by molar-refractivity contribution is 7.17. The number of carbonyl (C=O) groups is 3. The summed E-state index contributed by atoms with van der Waals surface area (Å²) in [4.78, 5) is 40.6. The van der Waals surface area contributed by atoms with E-state index in [0.717, 1.165) is 53.8 Å². The molecule has 7 nitrogen and oxygen atoms in total. The van der Waals surface area contributed by atoms with Crippen molar-refractivity contribution < 1.29 is 19.5 Å². The number of amides is 3. The summed E-state index contributed by atoms with van der Waals surface area (Å²) in [7, 11) is 0. The van der Waals surface area contributed by atoms with Crippen LogP contribution in [0, 0.1) is 5.92 Å². The Kier molecular flexibility index (Phi) is 6.92. The molecule has 2 aromatic rings. The van der Waals surface area contributed by atoms with E-state index in [-0.39, 0.29) is 17.5 Å². The third-order valence-electron chi connectivity index (χ3n) is 6.04. The maximum atomic E-state index is 12.4. The first-order valence-corrected chi connectivity index (χ1v) is 12.4. The van der Waals surface area contributed by atoms with Gasteiger partial charge in [0.1, 0.15) is 5.00 Å². The average molecular weight is 462 g/mol. The van der Waals surface area contributed by atoms with Gasteiger partial charge in [0.05, 0.1) is 12.0 Å². The number of likely N-dealkylation sites (tertiary alicyclic amines) is 1. The van der Waals surface area contributed by atoms with Gasteiger partial charge < -0.3 is 15.3 Å². The molecule has 0 bridgehead atoms. The number of nitrogens with one attached hydrogen (secondary N) is 2. The third-order valence-corrected chi connectivity index (χ3v) is 8.12. The van der Waals surface area contributed by atoms with Crippen molar-refractivity contribution in [3.05, 3.63) is 38.4 Å². The Morgan fingerprint density at radius 3 is 2.65 bits per heavy atom. The van der Waals surface area contributed by atoms with E-state index in [9.17, 15) is 19.5 Å². The molecule has 0 atom stereocenters. The first kappa shape index (κ1) is 21.8. The lowest BCUT2D eigenvalue weighted by atomic mass is 9.95. The van der Waals surface area contributed by atoms with Crippen LogP contribution < -0.4 is 10.6 Å². The van der Waals surface area contributed by atoms with Gasteiger partial charge in [0.25, 0.3) is 0 Å². The molecule has 0 spiro atoms. The predicted molar refractivity (Wildman–Crippen MR) is 122 cm³/mol. The van der Waals surface area contributed by atoms with Gasteiger partial charge in [-0.25, -0.2) is 9.59 Å². The molecule has 0 unspecified atom stereocenters. The van der Waals surface area contributed by atoms with Gasteiger partial charge in [-0.2, -0.15) is 0 Å². The smallest absolute Gasteiger partial charge is 0.339 e. The van der Waals surface area contributed by atoms with Crippen LogP contribution in [0.15, 0.2) is 17.5 Å². The van der Waals surface area contributed by atoms with Crippen LogP contribution in [-0.2, 0) is 24.1 Å². The number of aromatic carboxylic acids is 1. The SMILES string of the molecule is O=C(NCC1CCN(C(=O)Cc2cccs2)CC1)Nc1sc2c(c1C(=O)O)CCCC2. The van der Waals surface area contributed by atoms with Gasteiger partial charge in [-0.1, -0.05) is 6.07 Å². The number of nitrogens with zero attached hydrogens (tertiary/aromatic N) is 1. The lowest BCUT2D eigenvalue weighted by Gasteiger charge is -2.32. The summed E-state index contributed by atoms with van der Waals surface area (Å²) >= 11 is 2.99. The van der Waals surface area contributed by atoms with Gasteiger partial charge >= 0.3 is 12.0 Å². The Bertz CT molecular complexity index is 946. The van der Waals surface area contributed by atoms with Crippen LogP contribution in [0.2, 0.25) is 0 Å². The largest absolute Gasteiger partial charge is 0.478 e. The molecule has 3 N–H and O–H groups in total. The van der Waals surface area contributed by atoms with Crippen molar-refractivity contribution in [3.63, 3.8) is 0 Å². The van der Waals surface area contributed by atoms with Crippen LogP contribution in [0.3, 0.4) is 0 Å². The zero-order valence-corrected chi connectivity index (χ0v) is 18.9. The van der Waals surface area contributed by atoms with Crippen molar-refractivity contribution in [1.29, 1.82) is 0 Å². The highest BCUT2D eigenvalue weighted by Crippen LogP contribution is 2.38. The number of carbonyl (C=O) groups excluding carboxylic acids is 2. The summed E-state index contributed by atoms with van der Waals surface area (Å²) < 4.78 is 0. The summed E-state index contributed by atoms with van der Waals surface area (Å²) in [5.41, 5.74) is 1.14. The van der Waals surface area contributed by atoms with Gasteiger partial charge in [0, 0.05) is 29.4 Å². The monoisotopic (exact) mass is 461 g/mol. The molecule has 1 aliphatic carbocycles. The lowest BCUT2D eigenvalue weighted by Crippen LogP contribution is -2.42. The topological polar surface area (TPSA) is 98.7 Å². The minimum atomic E-state index is -0.978. The number of aryl methyl sites for hydroxylation is 1. The van der Waals surface area contributed by atoms with E-state index < -0.39 is 5.97 Å². The fraction of sp³-hybridized carbons (Fsp3) is 0.500. The molecular weight excluding hydrogens is 434 g/mol. The molecule has 0 radical (unpaired) electrons. The minimum absolute atomic E-state index is 0.162. The summed E-state index contributed by atoms with van der Waals surface area (Å²) in [5.74, 6) is -0.504. The van der Waals surface area contributed by atoms with Crippen molar-refractivity contribution in [2.75, 3.05) is 25.0 Å². The Hall–Kier alpha value is -2.39. The number of anilines is 1. The third kappa shape index (κ3) is 5.27. The second-order valence-corrected chi connectivity index (χ2v) is 10.3. The number of rotatable bonds is 6. The van der Waals surface area contributed by atoms with E-state index in [1.54, 1.807) is 11.3 Å². The Morgan fingerprint density at radius 1 is 1.16 bits per heavy atom. The first-order chi connectivity index (χ1) is 15.0. The van der Waals surface area contributed by atoms with E-state index in [2.05, 4.69) is 10.6 Å². The van der Waals surface area contributed by atoms with E-state index in [4.69, 9.17) is 0 Å². The number of fused-ring (bicyclic) bond motifs is 1. The lowest BCUT2D eigenvalue weighted by molar-refractivity contribution is -0.131. The number of carboxylic acids is 1. The zero-order valence-electron chi connectivity index (χ0n) is 17.3. The predicted octanol–water partition coefficient (Wildman–Crippen LogP) is 3.99. The van der Waals surface area contributed by atoms with Gasteiger partial charge in [-0.05, 0) is 61.5 Å². The second-order valence-electron chi connectivity index (χ2n) is 8.14. The van der Waals surface area contributed by atoms with Crippen LogP contribution in [-0.4, -0.2) is 47.5 Å². The Labute approximate surface area is 189 Å². The van der Waals surface area contributed by atoms with Crippen LogP contribution in [0.5, 0.6) is 0 Å². The zero-order chi connectivity index (χ0) is 21.8. The van der Waals surface area contributed by atoms with Crippen molar-refractivity contribution in [1.82, 2.24) is 10.2 Å². The van der Waals surface area contributed by atoms with Gasteiger partial charge in [-0.3, -0.25) is 10.1 Å². The fourth-order valence-electron chi connectivity index (χ4n) is 4.33. The van der Waals surface area contributed by atoms with Gasteiger partial charge in [-0.15, -0.1) is 22.7 Å². The van der Waals surface area contributed by atoms with E-state index in [1.165, 1.54) is 11.3 Å². The normalized spacial score (nSPS) is 16.6. The summed E-state index contributed by atoms with van der Waals surface area (Å²) in [5, 5.41) is 17.7. The standard InChI is InChI=1S/C22H27N3O4S2/c26-18(12-15-4-3-11-30-15)25-9-7-14(8-10-25)13-23-22(29)24-20-19(21(27)28)16-5-1-2-6-17(16)31-20/h3-4,11,14H,1-2,5-10,12-13H2,(H,27,28)(H2,23,24,29). The molecule has 1 saturated heterocycles. The maximum absolute atomic E-state index is 12.4. The molecule has 1 aliphatic heterocycles. The molecule has 3 heterocycles. The van der Waals surface area contributed by atoms with Crippen LogP contribution in [0.4, 0.5) is 9.80 Å². The van der Waals surface area contributed by atoms with Crippen molar-refractivity contribution in [2.45, 2.75) is 44.9 Å². The second kappa shape index (κ2) is 9.82. The molecule has 9 heteroatoms. The number of hydrogen-bond donors (Lipinski definition) is 3. The molecule has 2 aliphatic rings. The Morgan fingerprint density at radius 2 is 1.94 bits per heavy atom. The summed E-state index contributed by atoms with van der Waals surface area (Å²) in [6.07, 6.45) is 5.86. The van der Waals surface area contributed by atoms with Crippen LogP contribution >= 0.6 is 22.7 Å². The molecule has 0 saturated carbocycles.